The lowest BCUT2D eigenvalue weighted by atomic mass is 9.85. The van der Waals surface area contributed by atoms with E-state index in [1.54, 1.807) is 4.90 Å². The number of rotatable bonds is 9. The van der Waals surface area contributed by atoms with Gasteiger partial charge in [-0.2, -0.15) is 31.1 Å². The molecule has 4 rings (SSSR count). The minimum Gasteiger partial charge on any atom is -0.481 e. The first-order valence-electron chi connectivity index (χ1n) is 14.6. The summed E-state index contributed by atoms with van der Waals surface area (Å²) < 4.78 is 82.5. The van der Waals surface area contributed by atoms with Crippen molar-refractivity contribution in [2.75, 3.05) is 22.9 Å². The fourth-order valence-electron chi connectivity index (χ4n) is 6.02. The number of anilines is 2. The zero-order valence-corrected chi connectivity index (χ0v) is 26.1. The van der Waals surface area contributed by atoms with Crippen molar-refractivity contribution in [1.29, 1.82) is 0 Å². The van der Waals surface area contributed by atoms with Gasteiger partial charge in [-0.25, -0.2) is 0 Å². The predicted octanol–water partition coefficient (Wildman–Crippen LogP) is 7.41. The number of aryl methyl sites for hydroxylation is 2. The maximum atomic E-state index is 13.7. The minimum absolute atomic E-state index is 0.00522. The van der Waals surface area contributed by atoms with E-state index in [0.29, 0.717) is 32.4 Å². The molecule has 1 aromatic heterocycles. The second-order valence-electron chi connectivity index (χ2n) is 12.6. The number of hydrogen-bond acceptors (Lipinski definition) is 6. The molecule has 2 aromatic carbocycles. The number of aromatic nitrogens is 4. The Morgan fingerprint density at radius 2 is 1.62 bits per heavy atom. The van der Waals surface area contributed by atoms with E-state index < -0.39 is 40.9 Å². The number of hydrogen-bond donors (Lipinski definition) is 1. The van der Waals surface area contributed by atoms with Crippen LogP contribution in [0.4, 0.5) is 38.0 Å². The number of fused-ring (bicyclic) bond motifs is 1. The quantitative estimate of drug-likeness (QED) is 0.244. The van der Waals surface area contributed by atoms with Crippen molar-refractivity contribution in [3.05, 3.63) is 63.2 Å². The molecule has 0 bridgehead atoms. The van der Waals surface area contributed by atoms with Crippen LogP contribution >= 0.6 is 0 Å². The Morgan fingerprint density at radius 1 is 1.00 bits per heavy atom. The molecule has 8 nitrogen and oxygen atoms in total. The molecule has 0 radical (unpaired) electrons. The van der Waals surface area contributed by atoms with Gasteiger partial charge in [0.1, 0.15) is 0 Å². The minimum atomic E-state index is -4.98. The molecule has 45 heavy (non-hydrogen) atoms. The van der Waals surface area contributed by atoms with Crippen LogP contribution in [-0.2, 0) is 30.7 Å². The number of carboxylic acids is 1. The van der Waals surface area contributed by atoms with Crippen molar-refractivity contribution in [2.45, 2.75) is 85.2 Å². The zero-order valence-electron chi connectivity index (χ0n) is 26.1. The molecule has 2 heterocycles. The monoisotopic (exact) mass is 640 g/mol. The first-order chi connectivity index (χ1) is 20.8. The number of halogens is 6. The number of carbonyl (C=O) groups is 1. The standard InChI is InChI=1S/C31H38F6N6O2/c1-18-12-24-25(8-7-10-42(27(24)20(3)19(18)2)11-9-29(4,5)16-26(44)45)43(28-38-40-41(6)39-28)17-21-13-22(30(32,33)34)15-23(14-21)31(35,36)37/h12-15,25H,7-11,16-17H2,1-6H3,(H,44,45)/t25-/m0/s1. The van der Waals surface area contributed by atoms with Crippen LogP contribution in [0.5, 0.6) is 0 Å². The Bertz CT molecular complexity index is 1520. The average Bonchev–Trinajstić information content (AvgIpc) is 3.26. The third-order valence-electron chi connectivity index (χ3n) is 8.56. The van der Waals surface area contributed by atoms with Crippen molar-refractivity contribution in [3.63, 3.8) is 0 Å². The summed E-state index contributed by atoms with van der Waals surface area (Å²) in [4.78, 5) is 16.5. The van der Waals surface area contributed by atoms with Crippen LogP contribution in [0, 0.1) is 26.2 Å². The van der Waals surface area contributed by atoms with Crippen molar-refractivity contribution in [3.8, 4) is 0 Å². The number of aliphatic carboxylic acids is 1. The van der Waals surface area contributed by atoms with Gasteiger partial charge in [-0.1, -0.05) is 25.0 Å². The lowest BCUT2D eigenvalue weighted by molar-refractivity contribution is -0.143. The Hall–Kier alpha value is -3.84. The normalized spacial score (nSPS) is 16.0. The summed E-state index contributed by atoms with van der Waals surface area (Å²) in [7, 11) is 1.53. The first kappa shape index (κ1) is 34.0. The third-order valence-corrected chi connectivity index (χ3v) is 8.56. The number of carboxylic acid groups (broad SMARTS) is 1. The molecule has 0 unspecified atom stereocenters. The van der Waals surface area contributed by atoms with E-state index in [4.69, 9.17) is 0 Å². The van der Waals surface area contributed by atoms with Gasteiger partial charge in [-0.15, -0.1) is 5.10 Å². The van der Waals surface area contributed by atoms with Gasteiger partial charge in [0, 0.05) is 25.3 Å². The van der Waals surface area contributed by atoms with Crippen LogP contribution in [-0.4, -0.2) is 44.4 Å². The second-order valence-corrected chi connectivity index (χ2v) is 12.6. The largest absolute Gasteiger partial charge is 0.481 e. The maximum absolute atomic E-state index is 13.7. The average molecular weight is 641 g/mol. The smallest absolute Gasteiger partial charge is 0.416 e. The third kappa shape index (κ3) is 7.88. The molecule has 0 fully saturated rings. The molecule has 0 amide bonds. The van der Waals surface area contributed by atoms with Crippen LogP contribution in [0.3, 0.4) is 0 Å². The molecule has 0 saturated heterocycles. The maximum Gasteiger partial charge on any atom is 0.416 e. The van der Waals surface area contributed by atoms with Crippen molar-refractivity contribution < 1.29 is 36.2 Å². The van der Waals surface area contributed by atoms with Crippen molar-refractivity contribution in [2.24, 2.45) is 12.5 Å². The molecule has 1 aliphatic rings. The summed E-state index contributed by atoms with van der Waals surface area (Å²) >= 11 is 0. The Kier molecular flexibility index (Phi) is 9.46. The topological polar surface area (TPSA) is 87.4 Å². The molecule has 0 aliphatic carbocycles. The molecule has 1 N–H and O–H groups in total. The Balaban J connectivity index is 1.84. The highest BCUT2D eigenvalue weighted by Crippen LogP contribution is 2.44. The van der Waals surface area contributed by atoms with Crippen molar-refractivity contribution in [1.82, 2.24) is 20.2 Å². The summed E-state index contributed by atoms with van der Waals surface area (Å²) in [5.41, 5.74) is 1.36. The van der Waals surface area contributed by atoms with Crippen LogP contribution < -0.4 is 9.80 Å². The molecule has 3 aromatic rings. The summed E-state index contributed by atoms with van der Waals surface area (Å²) in [6, 6.07) is 3.09. The predicted molar refractivity (Wildman–Crippen MR) is 157 cm³/mol. The number of tetrazole rings is 1. The van der Waals surface area contributed by atoms with E-state index >= 15 is 0 Å². The Morgan fingerprint density at radius 3 is 2.16 bits per heavy atom. The van der Waals surface area contributed by atoms with Gasteiger partial charge in [0.15, 0.2) is 0 Å². The van der Waals surface area contributed by atoms with Gasteiger partial charge in [-0.3, -0.25) is 4.79 Å². The Labute approximate surface area is 258 Å². The summed E-state index contributed by atoms with van der Waals surface area (Å²) in [5, 5.41) is 21.7. The molecular formula is C31H38F6N6O2. The van der Waals surface area contributed by atoms with Gasteiger partial charge < -0.3 is 14.9 Å². The van der Waals surface area contributed by atoms with Crippen LogP contribution in [0.15, 0.2) is 24.3 Å². The molecule has 0 spiro atoms. The molecule has 1 aliphatic heterocycles. The SMILES string of the molecule is Cc1cc2c(c(C)c1C)N(CCC(C)(C)CC(=O)O)CCC[C@@H]2N(Cc1cc(C(F)(F)F)cc(C(F)(F)F)c1)c1nnn(C)n1. The molecule has 1 atom stereocenters. The van der Waals surface area contributed by atoms with E-state index in [2.05, 4.69) is 20.3 Å². The number of nitrogens with zero attached hydrogens (tertiary/aromatic N) is 6. The fraction of sp³-hybridized carbons (Fsp3) is 0.548. The van der Waals surface area contributed by atoms with Gasteiger partial charge in [0.25, 0.3) is 5.95 Å². The van der Waals surface area contributed by atoms with Crippen LogP contribution in [0.1, 0.15) is 84.5 Å². The highest BCUT2D eigenvalue weighted by atomic mass is 19.4. The zero-order chi connectivity index (χ0) is 33.5. The summed E-state index contributed by atoms with van der Waals surface area (Å²) in [5.74, 6) is -0.805. The van der Waals surface area contributed by atoms with Gasteiger partial charge in [0.2, 0.25) is 0 Å². The van der Waals surface area contributed by atoms with Crippen molar-refractivity contribution >= 4 is 17.6 Å². The van der Waals surface area contributed by atoms with E-state index in [-0.39, 0.29) is 30.5 Å². The van der Waals surface area contributed by atoms with E-state index in [1.165, 1.54) is 11.8 Å². The molecule has 0 saturated carbocycles. The van der Waals surface area contributed by atoms with Crippen LogP contribution in [0.25, 0.3) is 0 Å². The molecular weight excluding hydrogens is 602 g/mol. The molecule has 14 heteroatoms. The highest BCUT2D eigenvalue weighted by Gasteiger charge is 2.38. The lowest BCUT2D eigenvalue weighted by Gasteiger charge is -2.35. The number of alkyl halides is 6. The molecule has 246 valence electrons. The van der Waals surface area contributed by atoms with E-state index in [9.17, 15) is 36.2 Å². The van der Waals surface area contributed by atoms with Crippen LogP contribution in [0.2, 0.25) is 0 Å². The van der Waals surface area contributed by atoms with E-state index in [1.807, 2.05) is 40.7 Å². The second kappa shape index (κ2) is 12.5. The van der Waals surface area contributed by atoms with Gasteiger partial charge >= 0.3 is 18.3 Å². The van der Waals surface area contributed by atoms with Gasteiger partial charge in [-0.05, 0) is 96.7 Å². The van der Waals surface area contributed by atoms with E-state index in [0.717, 1.165) is 40.1 Å². The summed E-state index contributed by atoms with van der Waals surface area (Å²) in [6.07, 6.45) is -8.22. The summed E-state index contributed by atoms with van der Waals surface area (Å²) in [6.45, 7) is 10.6. The van der Waals surface area contributed by atoms with Gasteiger partial charge in [0.05, 0.1) is 30.6 Å². The number of benzene rings is 2. The fourth-order valence-corrected chi connectivity index (χ4v) is 6.02. The lowest BCUT2D eigenvalue weighted by Crippen LogP contribution is -2.32. The first-order valence-corrected chi connectivity index (χ1v) is 14.6. The highest BCUT2D eigenvalue weighted by molar-refractivity contribution is 5.68.